The number of benzene rings is 1. The summed E-state index contributed by atoms with van der Waals surface area (Å²) in [5.74, 6) is -0.667. The number of carbonyl (C=O) groups is 2. The topological polar surface area (TPSA) is 64.6 Å². The van der Waals surface area contributed by atoms with E-state index in [1.165, 1.54) is 5.56 Å². The van der Waals surface area contributed by atoms with Gasteiger partial charge in [-0.05, 0) is 38.0 Å². The molecule has 22 heavy (non-hydrogen) atoms. The number of rotatable bonds is 9. The highest BCUT2D eigenvalue weighted by Gasteiger charge is 2.11. The minimum atomic E-state index is -0.354. The molecule has 0 fully saturated rings. The first-order chi connectivity index (χ1) is 10.6. The average molecular weight is 307 g/mol. The number of esters is 2. The van der Waals surface area contributed by atoms with Crippen LogP contribution in [0, 0.1) is 0 Å². The zero-order chi connectivity index (χ0) is 16.4. The van der Waals surface area contributed by atoms with Gasteiger partial charge >= 0.3 is 11.9 Å². The Morgan fingerprint density at radius 2 is 1.82 bits per heavy atom. The fraction of sp³-hybridized carbons (Fsp3) is 0.529. The summed E-state index contributed by atoms with van der Waals surface area (Å²) in [5.41, 5.74) is 1.75. The number of aryl methyl sites for hydroxylation is 1. The van der Waals surface area contributed by atoms with Crippen LogP contribution in [0.4, 0.5) is 0 Å². The van der Waals surface area contributed by atoms with Crippen molar-refractivity contribution in [3.63, 3.8) is 0 Å². The molecule has 1 N–H and O–H groups in total. The van der Waals surface area contributed by atoms with Gasteiger partial charge in [-0.3, -0.25) is 4.79 Å². The maximum Gasteiger partial charge on any atom is 0.338 e. The molecule has 1 aromatic rings. The molecule has 1 unspecified atom stereocenters. The van der Waals surface area contributed by atoms with E-state index < -0.39 is 0 Å². The van der Waals surface area contributed by atoms with Gasteiger partial charge in [0.2, 0.25) is 0 Å². The van der Waals surface area contributed by atoms with Crippen molar-refractivity contribution in [2.45, 2.75) is 39.7 Å². The number of carbonyl (C=O) groups excluding carboxylic acids is 2. The van der Waals surface area contributed by atoms with E-state index in [4.69, 9.17) is 9.47 Å². The van der Waals surface area contributed by atoms with Crippen molar-refractivity contribution in [1.29, 1.82) is 0 Å². The first kappa shape index (κ1) is 18.2. The Bertz CT molecular complexity index is 470. The van der Waals surface area contributed by atoms with Crippen LogP contribution in [0.5, 0.6) is 0 Å². The molecule has 0 aliphatic carbocycles. The highest BCUT2D eigenvalue weighted by atomic mass is 16.5. The fourth-order valence-corrected chi connectivity index (χ4v) is 1.91. The van der Waals surface area contributed by atoms with Gasteiger partial charge in [-0.25, -0.2) is 4.79 Å². The first-order valence-electron chi connectivity index (χ1n) is 7.71. The lowest BCUT2D eigenvalue weighted by Crippen LogP contribution is -2.36. The SMILES string of the molecule is CCCc1ccc(C(=O)OCC(C)NCC(=O)OCC)cc1. The largest absolute Gasteiger partial charge is 0.465 e. The van der Waals surface area contributed by atoms with Gasteiger partial charge in [0.05, 0.1) is 18.7 Å². The predicted octanol–water partition coefficient (Wildman–Crippen LogP) is 2.34. The lowest BCUT2D eigenvalue weighted by atomic mass is 10.1. The van der Waals surface area contributed by atoms with Gasteiger partial charge in [0.15, 0.2) is 0 Å². The van der Waals surface area contributed by atoms with E-state index in [1.807, 2.05) is 19.1 Å². The van der Waals surface area contributed by atoms with Crippen LogP contribution in [0.2, 0.25) is 0 Å². The lowest BCUT2D eigenvalue weighted by molar-refractivity contribution is -0.142. The van der Waals surface area contributed by atoms with Gasteiger partial charge in [-0.2, -0.15) is 0 Å². The van der Waals surface area contributed by atoms with Crippen molar-refractivity contribution in [3.05, 3.63) is 35.4 Å². The zero-order valence-corrected chi connectivity index (χ0v) is 13.6. The van der Waals surface area contributed by atoms with E-state index in [1.54, 1.807) is 19.1 Å². The van der Waals surface area contributed by atoms with Gasteiger partial charge < -0.3 is 14.8 Å². The molecular weight excluding hydrogens is 282 g/mol. The summed E-state index contributed by atoms with van der Waals surface area (Å²) in [6, 6.07) is 7.34. The summed E-state index contributed by atoms with van der Waals surface area (Å²) in [6.07, 6.45) is 2.08. The Morgan fingerprint density at radius 3 is 2.41 bits per heavy atom. The molecule has 5 nitrogen and oxygen atoms in total. The average Bonchev–Trinajstić information content (AvgIpc) is 2.52. The molecule has 0 saturated carbocycles. The number of nitrogens with one attached hydrogen (secondary N) is 1. The van der Waals surface area contributed by atoms with E-state index >= 15 is 0 Å². The van der Waals surface area contributed by atoms with Crippen LogP contribution in [0.25, 0.3) is 0 Å². The highest BCUT2D eigenvalue weighted by Crippen LogP contribution is 2.08. The monoisotopic (exact) mass is 307 g/mol. The molecule has 0 radical (unpaired) electrons. The summed E-state index contributed by atoms with van der Waals surface area (Å²) in [7, 11) is 0. The van der Waals surface area contributed by atoms with E-state index in [0.717, 1.165) is 12.8 Å². The number of ether oxygens (including phenoxy) is 2. The van der Waals surface area contributed by atoms with Gasteiger partial charge in [0.1, 0.15) is 6.61 Å². The van der Waals surface area contributed by atoms with E-state index in [9.17, 15) is 9.59 Å². The third kappa shape index (κ3) is 6.72. The van der Waals surface area contributed by atoms with E-state index in [0.29, 0.717) is 12.2 Å². The quantitative estimate of drug-likeness (QED) is 0.709. The standard InChI is InChI=1S/C17H25NO4/c1-4-6-14-7-9-15(10-8-14)17(20)22-12-13(3)18-11-16(19)21-5-2/h7-10,13,18H,4-6,11-12H2,1-3H3. The fourth-order valence-electron chi connectivity index (χ4n) is 1.91. The van der Waals surface area contributed by atoms with Gasteiger partial charge in [0.25, 0.3) is 0 Å². The molecule has 5 heteroatoms. The summed E-state index contributed by atoms with van der Waals surface area (Å²) in [5, 5.41) is 2.95. The second-order valence-electron chi connectivity index (χ2n) is 5.13. The minimum Gasteiger partial charge on any atom is -0.465 e. The maximum atomic E-state index is 11.9. The number of hydrogen-bond donors (Lipinski definition) is 1. The van der Waals surface area contributed by atoms with Crippen molar-refractivity contribution in [1.82, 2.24) is 5.32 Å². The molecule has 0 aliphatic heterocycles. The minimum absolute atomic E-state index is 0.109. The summed E-state index contributed by atoms with van der Waals surface area (Å²) in [6.45, 7) is 6.39. The van der Waals surface area contributed by atoms with Gasteiger partial charge in [-0.1, -0.05) is 25.5 Å². The molecule has 0 aliphatic rings. The molecule has 0 saturated heterocycles. The third-order valence-corrected chi connectivity index (χ3v) is 3.09. The van der Waals surface area contributed by atoms with Crippen LogP contribution < -0.4 is 5.32 Å². The molecule has 0 heterocycles. The van der Waals surface area contributed by atoms with Crippen LogP contribution in [0.3, 0.4) is 0 Å². The third-order valence-electron chi connectivity index (χ3n) is 3.09. The molecule has 0 aromatic heterocycles. The van der Waals surface area contributed by atoms with Crippen molar-refractivity contribution < 1.29 is 19.1 Å². The molecule has 0 spiro atoms. The van der Waals surface area contributed by atoms with Crippen LogP contribution >= 0.6 is 0 Å². The normalized spacial score (nSPS) is 11.8. The van der Waals surface area contributed by atoms with E-state index in [2.05, 4.69) is 12.2 Å². The van der Waals surface area contributed by atoms with Crippen LogP contribution in [0.15, 0.2) is 24.3 Å². The van der Waals surface area contributed by atoms with Gasteiger partial charge in [0, 0.05) is 6.04 Å². The predicted molar refractivity (Wildman–Crippen MR) is 84.8 cm³/mol. The summed E-state index contributed by atoms with van der Waals surface area (Å²) < 4.78 is 10.0. The van der Waals surface area contributed by atoms with Crippen LogP contribution in [-0.4, -0.2) is 37.7 Å². The Morgan fingerprint density at radius 1 is 1.14 bits per heavy atom. The Hall–Kier alpha value is -1.88. The molecule has 1 rings (SSSR count). The lowest BCUT2D eigenvalue weighted by Gasteiger charge is -2.13. The van der Waals surface area contributed by atoms with Crippen molar-refractivity contribution in [2.75, 3.05) is 19.8 Å². The molecule has 1 atom stereocenters. The van der Waals surface area contributed by atoms with Crippen LogP contribution in [-0.2, 0) is 20.7 Å². The first-order valence-corrected chi connectivity index (χ1v) is 7.71. The maximum absolute atomic E-state index is 11.9. The van der Waals surface area contributed by atoms with Crippen molar-refractivity contribution in [3.8, 4) is 0 Å². The molecule has 0 bridgehead atoms. The Balaban J connectivity index is 2.34. The van der Waals surface area contributed by atoms with Crippen molar-refractivity contribution >= 4 is 11.9 Å². The second-order valence-corrected chi connectivity index (χ2v) is 5.13. The zero-order valence-electron chi connectivity index (χ0n) is 13.6. The molecular formula is C17H25NO4. The summed E-state index contributed by atoms with van der Waals surface area (Å²) in [4.78, 5) is 23.1. The Kier molecular flexibility index (Phi) is 8.22. The Labute approximate surface area is 132 Å². The molecule has 1 aromatic carbocycles. The number of hydrogen-bond acceptors (Lipinski definition) is 5. The highest BCUT2D eigenvalue weighted by molar-refractivity contribution is 5.89. The smallest absolute Gasteiger partial charge is 0.338 e. The van der Waals surface area contributed by atoms with E-state index in [-0.39, 0.29) is 31.1 Å². The second kappa shape index (κ2) is 9.95. The van der Waals surface area contributed by atoms with Crippen LogP contribution in [0.1, 0.15) is 43.1 Å². The van der Waals surface area contributed by atoms with Gasteiger partial charge in [-0.15, -0.1) is 0 Å². The van der Waals surface area contributed by atoms with Crippen molar-refractivity contribution in [2.24, 2.45) is 0 Å². The molecule has 122 valence electrons. The summed E-state index contributed by atoms with van der Waals surface area (Å²) >= 11 is 0. The molecule has 0 amide bonds.